The van der Waals surface area contributed by atoms with Gasteiger partial charge in [0.2, 0.25) is 5.89 Å². The van der Waals surface area contributed by atoms with E-state index in [1.54, 1.807) is 12.1 Å². The van der Waals surface area contributed by atoms with Crippen LogP contribution in [0.25, 0.3) is 0 Å². The molecular formula is C14H19ClFN3O. The molecule has 0 spiro atoms. The number of likely N-dealkylation sites (N-methyl/N-ethyl adjacent to an activating group) is 1. The van der Waals surface area contributed by atoms with Crippen LogP contribution in [0.2, 0.25) is 0 Å². The zero-order valence-corrected chi connectivity index (χ0v) is 12.4. The van der Waals surface area contributed by atoms with E-state index in [4.69, 9.17) is 4.52 Å². The topological polar surface area (TPSA) is 51.0 Å². The van der Waals surface area contributed by atoms with E-state index in [0.717, 1.165) is 24.2 Å². The summed E-state index contributed by atoms with van der Waals surface area (Å²) >= 11 is 0. The normalized spacial score (nSPS) is 11.9. The van der Waals surface area contributed by atoms with E-state index < -0.39 is 0 Å². The van der Waals surface area contributed by atoms with Gasteiger partial charge in [-0.2, -0.15) is 4.98 Å². The van der Waals surface area contributed by atoms with E-state index >= 15 is 0 Å². The first-order valence-electron chi connectivity index (χ1n) is 6.40. The molecule has 1 N–H and O–H groups in total. The number of rotatable bonds is 6. The van der Waals surface area contributed by atoms with Gasteiger partial charge in [0.05, 0.1) is 0 Å². The third kappa shape index (κ3) is 4.90. The van der Waals surface area contributed by atoms with E-state index in [-0.39, 0.29) is 18.2 Å². The molecule has 2 rings (SSSR count). The highest BCUT2D eigenvalue weighted by molar-refractivity contribution is 5.85. The van der Waals surface area contributed by atoms with E-state index in [9.17, 15) is 4.39 Å². The van der Waals surface area contributed by atoms with Crippen LogP contribution >= 0.6 is 12.4 Å². The van der Waals surface area contributed by atoms with Gasteiger partial charge in [-0.3, -0.25) is 0 Å². The van der Waals surface area contributed by atoms with Crippen LogP contribution in [-0.2, 0) is 19.3 Å². The number of halogens is 2. The van der Waals surface area contributed by atoms with E-state index in [0.29, 0.717) is 18.4 Å². The predicted molar refractivity (Wildman–Crippen MR) is 77.6 cm³/mol. The second-order valence-corrected chi connectivity index (χ2v) is 4.62. The second kappa shape index (κ2) is 7.97. The summed E-state index contributed by atoms with van der Waals surface area (Å²) in [5.74, 6) is 1.13. The van der Waals surface area contributed by atoms with Crippen molar-refractivity contribution >= 4 is 12.4 Å². The van der Waals surface area contributed by atoms with Crippen molar-refractivity contribution in [3.63, 3.8) is 0 Å². The van der Waals surface area contributed by atoms with Gasteiger partial charge in [-0.25, -0.2) is 4.39 Å². The summed E-state index contributed by atoms with van der Waals surface area (Å²) in [5, 5.41) is 7.07. The van der Waals surface area contributed by atoms with Gasteiger partial charge >= 0.3 is 0 Å². The highest BCUT2D eigenvalue weighted by Crippen LogP contribution is 2.08. The summed E-state index contributed by atoms with van der Waals surface area (Å²) in [5.41, 5.74) is 1.06. The van der Waals surface area contributed by atoms with Crippen LogP contribution in [0, 0.1) is 5.82 Å². The molecule has 0 saturated carbocycles. The Morgan fingerprint density at radius 3 is 2.60 bits per heavy atom. The van der Waals surface area contributed by atoms with Crippen molar-refractivity contribution in [2.45, 2.75) is 32.2 Å². The lowest BCUT2D eigenvalue weighted by atomic mass is 10.1. The molecule has 4 nitrogen and oxygen atoms in total. The zero-order valence-electron chi connectivity index (χ0n) is 11.6. The van der Waals surface area contributed by atoms with Crippen LogP contribution in [0.3, 0.4) is 0 Å². The molecule has 0 radical (unpaired) electrons. The van der Waals surface area contributed by atoms with Crippen LogP contribution in [0.15, 0.2) is 28.8 Å². The number of benzene rings is 1. The fraction of sp³-hybridized carbons (Fsp3) is 0.429. The maximum absolute atomic E-state index is 12.8. The van der Waals surface area contributed by atoms with Crippen molar-refractivity contribution in [3.8, 4) is 0 Å². The summed E-state index contributed by atoms with van der Waals surface area (Å²) < 4.78 is 18.0. The summed E-state index contributed by atoms with van der Waals surface area (Å²) in [6.07, 6.45) is 2.19. The molecule has 1 unspecified atom stereocenters. The number of hydrogen-bond acceptors (Lipinski definition) is 4. The first-order valence-corrected chi connectivity index (χ1v) is 6.40. The van der Waals surface area contributed by atoms with E-state index in [1.165, 1.54) is 12.1 Å². The summed E-state index contributed by atoms with van der Waals surface area (Å²) in [6.45, 7) is 2.06. The summed E-state index contributed by atoms with van der Waals surface area (Å²) in [4.78, 5) is 4.34. The first-order chi connectivity index (χ1) is 9.17. The number of aryl methyl sites for hydroxylation is 2. The molecule has 0 aliphatic heterocycles. The van der Waals surface area contributed by atoms with Gasteiger partial charge in [0.15, 0.2) is 5.82 Å². The van der Waals surface area contributed by atoms with Crippen LogP contribution < -0.4 is 5.32 Å². The smallest absolute Gasteiger partial charge is 0.226 e. The fourth-order valence-electron chi connectivity index (χ4n) is 1.75. The quantitative estimate of drug-likeness (QED) is 0.891. The van der Waals surface area contributed by atoms with Gasteiger partial charge in [0.1, 0.15) is 5.82 Å². The maximum Gasteiger partial charge on any atom is 0.226 e. The van der Waals surface area contributed by atoms with E-state index in [2.05, 4.69) is 22.4 Å². The molecule has 2 aromatic rings. The Hall–Kier alpha value is -1.46. The van der Waals surface area contributed by atoms with Crippen molar-refractivity contribution in [2.24, 2.45) is 0 Å². The fourth-order valence-corrected chi connectivity index (χ4v) is 1.75. The Bertz CT molecular complexity index is 515. The van der Waals surface area contributed by atoms with Crippen LogP contribution in [0.1, 0.15) is 24.2 Å². The van der Waals surface area contributed by atoms with Gasteiger partial charge in [-0.05, 0) is 38.1 Å². The molecule has 0 aliphatic carbocycles. The Morgan fingerprint density at radius 2 is 1.95 bits per heavy atom. The minimum absolute atomic E-state index is 0. The average molecular weight is 300 g/mol. The number of hydrogen-bond donors (Lipinski definition) is 1. The highest BCUT2D eigenvalue weighted by atomic mass is 35.5. The molecule has 6 heteroatoms. The number of aromatic nitrogens is 2. The minimum atomic E-state index is -0.218. The van der Waals surface area contributed by atoms with Gasteiger partial charge < -0.3 is 9.84 Å². The van der Waals surface area contributed by atoms with E-state index in [1.807, 2.05) is 7.05 Å². The van der Waals surface area contributed by atoms with Crippen molar-refractivity contribution in [3.05, 3.63) is 47.4 Å². The Morgan fingerprint density at radius 1 is 1.25 bits per heavy atom. The zero-order chi connectivity index (χ0) is 13.7. The van der Waals surface area contributed by atoms with Gasteiger partial charge in [0, 0.05) is 18.9 Å². The molecule has 1 atom stereocenters. The van der Waals surface area contributed by atoms with Crippen molar-refractivity contribution in [1.29, 1.82) is 0 Å². The highest BCUT2D eigenvalue weighted by Gasteiger charge is 2.09. The van der Waals surface area contributed by atoms with Gasteiger partial charge in [-0.15, -0.1) is 12.4 Å². The number of nitrogens with one attached hydrogen (secondary N) is 1. The largest absolute Gasteiger partial charge is 0.339 e. The van der Waals surface area contributed by atoms with Gasteiger partial charge in [0.25, 0.3) is 0 Å². The van der Waals surface area contributed by atoms with Crippen LogP contribution in [0.5, 0.6) is 0 Å². The van der Waals surface area contributed by atoms with Crippen molar-refractivity contribution < 1.29 is 8.91 Å². The maximum atomic E-state index is 12.8. The lowest BCUT2D eigenvalue weighted by Gasteiger charge is -2.04. The Labute approximate surface area is 124 Å². The Balaban J connectivity index is 0.00000200. The van der Waals surface area contributed by atoms with Crippen molar-refractivity contribution in [2.75, 3.05) is 7.05 Å². The van der Waals surface area contributed by atoms with Gasteiger partial charge in [-0.1, -0.05) is 17.3 Å². The molecular weight excluding hydrogens is 281 g/mol. The lowest BCUT2D eigenvalue weighted by Crippen LogP contribution is -2.24. The lowest BCUT2D eigenvalue weighted by molar-refractivity contribution is 0.371. The first kappa shape index (κ1) is 16.6. The molecule has 0 amide bonds. The molecule has 20 heavy (non-hydrogen) atoms. The average Bonchev–Trinajstić information content (AvgIpc) is 2.85. The molecule has 1 aromatic heterocycles. The summed E-state index contributed by atoms with van der Waals surface area (Å²) in [6, 6.07) is 6.79. The van der Waals surface area contributed by atoms with Crippen molar-refractivity contribution in [1.82, 2.24) is 15.5 Å². The molecule has 0 fully saturated rings. The molecule has 1 heterocycles. The monoisotopic (exact) mass is 299 g/mol. The standard InChI is InChI=1S/C14H18FN3O.ClH/c1-10(16-2)9-13-17-14(19-18-13)8-5-11-3-6-12(15)7-4-11;/h3-4,6-7,10,16H,5,8-9H2,1-2H3;1H. The molecule has 1 aromatic carbocycles. The SMILES string of the molecule is CNC(C)Cc1noc(CCc2ccc(F)cc2)n1.Cl. The van der Waals surface area contributed by atoms with Crippen LogP contribution in [0.4, 0.5) is 4.39 Å². The van der Waals surface area contributed by atoms with Crippen LogP contribution in [-0.4, -0.2) is 23.2 Å². The Kier molecular flexibility index (Phi) is 6.61. The second-order valence-electron chi connectivity index (χ2n) is 4.62. The third-order valence-electron chi connectivity index (χ3n) is 3.03. The molecule has 0 saturated heterocycles. The number of nitrogens with zero attached hydrogens (tertiary/aromatic N) is 2. The molecule has 0 bridgehead atoms. The third-order valence-corrected chi connectivity index (χ3v) is 3.03. The molecule has 0 aliphatic rings. The minimum Gasteiger partial charge on any atom is -0.339 e. The predicted octanol–water partition coefficient (Wildman–Crippen LogP) is 2.57. The summed E-state index contributed by atoms with van der Waals surface area (Å²) in [7, 11) is 1.90. The molecule has 110 valence electrons.